The molecule has 24 heavy (non-hydrogen) atoms. The van der Waals surface area contributed by atoms with Crippen molar-refractivity contribution in [2.75, 3.05) is 13.7 Å². The number of nitro benzene ring substituents is 1. The van der Waals surface area contributed by atoms with Crippen LogP contribution in [0, 0.1) is 17.0 Å². The molecule has 0 unspecified atom stereocenters. The minimum absolute atomic E-state index is 0.0158. The van der Waals surface area contributed by atoms with Gasteiger partial charge in [0.1, 0.15) is 0 Å². The predicted octanol–water partition coefficient (Wildman–Crippen LogP) is 3.59. The molecule has 126 valence electrons. The molecule has 0 bridgehead atoms. The average Bonchev–Trinajstić information content (AvgIpc) is 2.55. The second kappa shape index (κ2) is 7.79. The second-order valence-electron chi connectivity index (χ2n) is 5.33. The lowest BCUT2D eigenvalue weighted by Gasteiger charge is -2.18. The van der Waals surface area contributed by atoms with Crippen molar-refractivity contribution in [1.29, 1.82) is 0 Å². The Kier molecular flexibility index (Phi) is 5.76. The highest BCUT2D eigenvalue weighted by Crippen LogP contribution is 2.29. The number of halogens is 1. The van der Waals surface area contributed by atoms with Gasteiger partial charge >= 0.3 is 5.69 Å². The molecule has 0 fully saturated rings. The molecule has 0 saturated heterocycles. The van der Waals surface area contributed by atoms with Crippen LogP contribution in [0.1, 0.15) is 11.1 Å². The number of nitro groups is 1. The van der Waals surface area contributed by atoms with Crippen molar-refractivity contribution in [2.45, 2.75) is 13.5 Å². The second-order valence-corrected chi connectivity index (χ2v) is 5.77. The minimum Gasteiger partial charge on any atom is -0.477 e. The Balaban J connectivity index is 2.00. The number of carbonyl (C=O) groups excluding carboxylic acids is 1. The molecular formula is C17H17ClN2O4. The number of rotatable bonds is 6. The molecule has 0 aliphatic carbocycles. The van der Waals surface area contributed by atoms with E-state index in [-0.39, 0.29) is 29.0 Å². The summed E-state index contributed by atoms with van der Waals surface area (Å²) in [7, 11) is 1.66. The molecule has 0 aliphatic heterocycles. The van der Waals surface area contributed by atoms with Gasteiger partial charge in [0.25, 0.3) is 5.91 Å². The summed E-state index contributed by atoms with van der Waals surface area (Å²) in [5.41, 5.74) is 1.86. The third-order valence-corrected chi connectivity index (χ3v) is 3.80. The Hall–Kier alpha value is -2.60. The van der Waals surface area contributed by atoms with Crippen LogP contribution in [0.15, 0.2) is 42.5 Å². The van der Waals surface area contributed by atoms with Gasteiger partial charge in [-0.1, -0.05) is 35.9 Å². The highest BCUT2D eigenvalue weighted by atomic mass is 35.5. The topological polar surface area (TPSA) is 72.7 Å². The van der Waals surface area contributed by atoms with Gasteiger partial charge in [-0.2, -0.15) is 0 Å². The Bertz CT molecular complexity index is 764. The van der Waals surface area contributed by atoms with Crippen LogP contribution in [0.5, 0.6) is 5.75 Å². The van der Waals surface area contributed by atoms with Crippen molar-refractivity contribution < 1.29 is 14.5 Å². The van der Waals surface area contributed by atoms with Crippen LogP contribution in [-0.4, -0.2) is 29.4 Å². The molecular weight excluding hydrogens is 332 g/mol. The summed E-state index contributed by atoms with van der Waals surface area (Å²) in [5.74, 6) is -0.260. The third-order valence-electron chi connectivity index (χ3n) is 3.56. The Morgan fingerprint density at radius 2 is 2.00 bits per heavy atom. The quantitative estimate of drug-likeness (QED) is 0.590. The van der Waals surface area contributed by atoms with E-state index in [9.17, 15) is 14.9 Å². The normalized spacial score (nSPS) is 10.3. The summed E-state index contributed by atoms with van der Waals surface area (Å²) in [6.45, 7) is 2.13. The molecule has 2 aromatic carbocycles. The molecule has 1 amide bonds. The Morgan fingerprint density at radius 1 is 1.29 bits per heavy atom. The van der Waals surface area contributed by atoms with E-state index in [0.29, 0.717) is 6.54 Å². The molecule has 7 heteroatoms. The monoisotopic (exact) mass is 348 g/mol. The van der Waals surface area contributed by atoms with E-state index in [1.54, 1.807) is 7.05 Å². The molecule has 6 nitrogen and oxygen atoms in total. The SMILES string of the molecule is Cc1ccccc1CN(C)C(=O)COc1ccc(Cl)cc1[N+](=O)[O-]. The van der Waals surface area contributed by atoms with E-state index in [1.807, 2.05) is 31.2 Å². The van der Waals surface area contributed by atoms with Crippen LogP contribution in [0.4, 0.5) is 5.69 Å². The van der Waals surface area contributed by atoms with Crippen LogP contribution >= 0.6 is 11.6 Å². The van der Waals surface area contributed by atoms with E-state index in [1.165, 1.54) is 23.1 Å². The smallest absolute Gasteiger partial charge is 0.312 e. The number of likely N-dealkylation sites (N-methyl/N-ethyl adjacent to an activating group) is 1. The van der Waals surface area contributed by atoms with E-state index < -0.39 is 4.92 Å². The van der Waals surface area contributed by atoms with Gasteiger partial charge < -0.3 is 9.64 Å². The van der Waals surface area contributed by atoms with Crippen LogP contribution < -0.4 is 4.74 Å². The van der Waals surface area contributed by atoms with Crippen LogP contribution in [-0.2, 0) is 11.3 Å². The number of benzene rings is 2. The van der Waals surface area contributed by atoms with Gasteiger partial charge in [-0.3, -0.25) is 14.9 Å². The molecule has 0 aliphatic rings. The largest absolute Gasteiger partial charge is 0.477 e. The maximum absolute atomic E-state index is 12.2. The molecule has 2 rings (SSSR count). The number of ether oxygens (including phenoxy) is 1. The lowest BCUT2D eigenvalue weighted by molar-refractivity contribution is -0.385. The lowest BCUT2D eigenvalue weighted by atomic mass is 10.1. The van der Waals surface area contributed by atoms with Crippen LogP contribution in [0.3, 0.4) is 0 Å². The van der Waals surface area contributed by atoms with E-state index in [4.69, 9.17) is 16.3 Å². The summed E-state index contributed by atoms with van der Waals surface area (Å²) >= 11 is 5.74. The summed E-state index contributed by atoms with van der Waals surface area (Å²) < 4.78 is 5.31. The number of amides is 1. The highest BCUT2D eigenvalue weighted by Gasteiger charge is 2.18. The molecule has 0 N–H and O–H groups in total. The fraction of sp³-hybridized carbons (Fsp3) is 0.235. The van der Waals surface area contributed by atoms with Gasteiger partial charge in [-0.05, 0) is 30.2 Å². The summed E-state index contributed by atoms with van der Waals surface area (Å²) in [6.07, 6.45) is 0. The standard InChI is InChI=1S/C17H17ClN2O4/c1-12-5-3-4-6-13(12)10-19(2)17(21)11-24-16-8-7-14(18)9-15(16)20(22)23/h3-9H,10-11H2,1-2H3. The molecule has 0 radical (unpaired) electrons. The first kappa shape index (κ1) is 17.7. The maximum atomic E-state index is 12.2. The van der Waals surface area contributed by atoms with Crippen molar-refractivity contribution in [2.24, 2.45) is 0 Å². The molecule has 0 saturated carbocycles. The highest BCUT2D eigenvalue weighted by molar-refractivity contribution is 6.30. The first-order valence-corrected chi connectivity index (χ1v) is 7.61. The molecule has 0 atom stereocenters. The van der Waals surface area contributed by atoms with Gasteiger partial charge in [0.2, 0.25) is 0 Å². The molecule has 0 heterocycles. The van der Waals surface area contributed by atoms with Gasteiger partial charge in [-0.15, -0.1) is 0 Å². The van der Waals surface area contributed by atoms with Gasteiger partial charge in [0, 0.05) is 24.7 Å². The molecule has 2 aromatic rings. The fourth-order valence-electron chi connectivity index (χ4n) is 2.14. The van der Waals surface area contributed by atoms with E-state index in [2.05, 4.69) is 0 Å². The summed E-state index contributed by atoms with van der Waals surface area (Å²) in [6, 6.07) is 11.8. The van der Waals surface area contributed by atoms with Gasteiger partial charge in [-0.25, -0.2) is 0 Å². The number of nitrogens with zero attached hydrogens (tertiary/aromatic N) is 2. The summed E-state index contributed by atoms with van der Waals surface area (Å²) in [4.78, 5) is 24.1. The third kappa shape index (κ3) is 4.45. The number of hydrogen-bond donors (Lipinski definition) is 0. The Labute approximate surface area is 144 Å². The fourth-order valence-corrected chi connectivity index (χ4v) is 2.30. The van der Waals surface area contributed by atoms with Gasteiger partial charge in [0.05, 0.1) is 4.92 Å². The van der Waals surface area contributed by atoms with E-state index in [0.717, 1.165) is 11.1 Å². The number of aryl methyl sites for hydroxylation is 1. The molecule has 0 spiro atoms. The minimum atomic E-state index is -0.595. The van der Waals surface area contributed by atoms with Crippen molar-refractivity contribution in [3.63, 3.8) is 0 Å². The summed E-state index contributed by atoms with van der Waals surface area (Å²) in [5, 5.41) is 11.2. The Morgan fingerprint density at radius 3 is 2.67 bits per heavy atom. The van der Waals surface area contributed by atoms with E-state index >= 15 is 0 Å². The first-order valence-electron chi connectivity index (χ1n) is 7.23. The lowest BCUT2D eigenvalue weighted by Crippen LogP contribution is -2.31. The molecule has 0 aromatic heterocycles. The van der Waals surface area contributed by atoms with Gasteiger partial charge in [0.15, 0.2) is 12.4 Å². The zero-order valence-electron chi connectivity index (χ0n) is 13.4. The van der Waals surface area contributed by atoms with Crippen molar-refractivity contribution >= 4 is 23.2 Å². The number of hydrogen-bond acceptors (Lipinski definition) is 4. The average molecular weight is 349 g/mol. The first-order chi connectivity index (χ1) is 11.4. The predicted molar refractivity (Wildman–Crippen MR) is 91.3 cm³/mol. The van der Waals surface area contributed by atoms with Crippen molar-refractivity contribution in [3.8, 4) is 5.75 Å². The van der Waals surface area contributed by atoms with Crippen molar-refractivity contribution in [3.05, 3.63) is 68.7 Å². The van der Waals surface area contributed by atoms with Crippen LogP contribution in [0.25, 0.3) is 0 Å². The zero-order chi connectivity index (χ0) is 17.7. The van der Waals surface area contributed by atoms with Crippen LogP contribution in [0.2, 0.25) is 5.02 Å². The number of carbonyl (C=O) groups is 1. The maximum Gasteiger partial charge on any atom is 0.312 e. The zero-order valence-corrected chi connectivity index (χ0v) is 14.1. The van der Waals surface area contributed by atoms with Crippen molar-refractivity contribution in [1.82, 2.24) is 4.90 Å².